The number of nitrogens with zero attached hydrogens (tertiary/aromatic N) is 1. The smallest absolute Gasteiger partial charge is 0.181 e. The molecule has 0 bridgehead atoms. The molecule has 1 heterocycles. The second-order valence-electron chi connectivity index (χ2n) is 3.34. The molecule has 0 fully saturated rings. The quantitative estimate of drug-likeness (QED) is 0.756. The predicted molar refractivity (Wildman–Crippen MR) is 54.9 cm³/mol. The van der Waals surface area contributed by atoms with Crippen LogP contribution in [0.25, 0.3) is 5.57 Å². The second kappa shape index (κ2) is 3.27. The van der Waals surface area contributed by atoms with Crippen molar-refractivity contribution >= 4 is 17.0 Å². The Labute approximate surface area is 82.6 Å². The number of ketones is 1. The molecular weight excluding hydrogens is 176 g/mol. The maximum absolute atomic E-state index is 11.7. The second-order valence-corrected chi connectivity index (χ2v) is 3.34. The highest BCUT2D eigenvalue weighted by Gasteiger charge is 2.22. The zero-order chi connectivity index (χ0) is 10.1. The molecule has 1 aromatic rings. The van der Waals surface area contributed by atoms with Gasteiger partial charge in [-0.2, -0.15) is 0 Å². The lowest BCUT2D eigenvalue weighted by atomic mass is 10.00. The van der Waals surface area contributed by atoms with Crippen molar-refractivity contribution in [2.75, 3.05) is 0 Å². The van der Waals surface area contributed by atoms with Gasteiger partial charge in [-0.1, -0.05) is 18.2 Å². The largest absolute Gasteiger partial charge is 0.321 e. The molecular formula is C11H11N2O. The minimum absolute atomic E-state index is 0.0568. The number of fused-ring (bicyclic) bond motifs is 1. The van der Waals surface area contributed by atoms with Crippen molar-refractivity contribution in [1.29, 1.82) is 0 Å². The molecule has 1 radical (unpaired) electrons. The zero-order valence-corrected chi connectivity index (χ0v) is 7.90. The summed E-state index contributed by atoms with van der Waals surface area (Å²) in [5.41, 5.74) is 7.89. The maximum atomic E-state index is 11.7. The third-order valence-electron chi connectivity index (χ3n) is 2.21. The summed E-state index contributed by atoms with van der Waals surface area (Å²) in [5, 5.41) is 4.15. The van der Waals surface area contributed by atoms with E-state index in [1.54, 1.807) is 13.1 Å². The molecule has 0 aromatic heterocycles. The van der Waals surface area contributed by atoms with Crippen molar-refractivity contribution in [3.63, 3.8) is 0 Å². The van der Waals surface area contributed by atoms with Crippen LogP contribution in [0.1, 0.15) is 12.5 Å². The summed E-state index contributed by atoms with van der Waals surface area (Å²) in [6.07, 6.45) is 1.59. The first-order valence-corrected chi connectivity index (χ1v) is 4.50. The van der Waals surface area contributed by atoms with E-state index in [2.05, 4.69) is 5.32 Å². The Morgan fingerprint density at radius 1 is 1.43 bits per heavy atom. The minimum atomic E-state index is -0.470. The lowest BCUT2D eigenvalue weighted by Crippen LogP contribution is -2.27. The van der Waals surface area contributed by atoms with Crippen LogP contribution < -0.4 is 11.1 Å². The van der Waals surface area contributed by atoms with E-state index in [1.807, 2.05) is 24.3 Å². The summed E-state index contributed by atoms with van der Waals surface area (Å²) in [6, 6.07) is 7.09. The van der Waals surface area contributed by atoms with Crippen LogP contribution in [0.3, 0.4) is 0 Å². The van der Waals surface area contributed by atoms with Crippen molar-refractivity contribution in [2.24, 2.45) is 5.73 Å². The van der Waals surface area contributed by atoms with E-state index in [0.29, 0.717) is 5.57 Å². The van der Waals surface area contributed by atoms with Crippen molar-refractivity contribution in [1.82, 2.24) is 5.32 Å². The van der Waals surface area contributed by atoms with Gasteiger partial charge in [-0.05, 0) is 13.0 Å². The number of Topliss-reactive ketones (excluding diaryl/α,β-unsaturated/α-hetero) is 1. The van der Waals surface area contributed by atoms with E-state index in [4.69, 9.17) is 5.73 Å². The van der Waals surface area contributed by atoms with Crippen LogP contribution in [0.2, 0.25) is 0 Å². The highest BCUT2D eigenvalue weighted by Crippen LogP contribution is 2.30. The molecule has 0 amide bonds. The monoisotopic (exact) mass is 187 g/mol. The number of rotatable bonds is 2. The molecule has 0 unspecified atom stereocenters. The Balaban J connectivity index is 2.38. The number of hydrogen-bond donors (Lipinski definition) is 1. The fourth-order valence-electron chi connectivity index (χ4n) is 1.46. The molecule has 0 saturated heterocycles. The topological polar surface area (TPSA) is 57.2 Å². The van der Waals surface area contributed by atoms with Gasteiger partial charge in [0.25, 0.3) is 0 Å². The fraction of sp³-hybridized carbons (Fsp3) is 0.182. The van der Waals surface area contributed by atoms with Crippen LogP contribution in [-0.2, 0) is 4.79 Å². The number of para-hydroxylation sites is 1. The molecule has 2 rings (SSSR count). The summed E-state index contributed by atoms with van der Waals surface area (Å²) >= 11 is 0. The highest BCUT2D eigenvalue weighted by molar-refractivity contribution is 6.25. The Hall–Kier alpha value is -1.61. The van der Waals surface area contributed by atoms with Gasteiger partial charge in [0, 0.05) is 17.3 Å². The van der Waals surface area contributed by atoms with Crippen molar-refractivity contribution in [3.8, 4) is 0 Å². The zero-order valence-electron chi connectivity index (χ0n) is 7.90. The van der Waals surface area contributed by atoms with Gasteiger partial charge < -0.3 is 5.73 Å². The number of nitrogens with two attached hydrogens (primary N) is 1. The van der Waals surface area contributed by atoms with Gasteiger partial charge in [0.05, 0.1) is 11.7 Å². The average Bonchev–Trinajstić information content (AvgIpc) is 2.60. The molecule has 14 heavy (non-hydrogen) atoms. The lowest BCUT2D eigenvalue weighted by Gasteiger charge is -2.05. The molecule has 1 aromatic carbocycles. The summed E-state index contributed by atoms with van der Waals surface area (Å²) in [4.78, 5) is 11.7. The molecule has 71 valence electrons. The van der Waals surface area contributed by atoms with Crippen LogP contribution >= 0.6 is 0 Å². The number of benzene rings is 1. The van der Waals surface area contributed by atoms with Crippen molar-refractivity contribution in [3.05, 3.63) is 36.0 Å². The Kier molecular flexibility index (Phi) is 2.09. The Morgan fingerprint density at radius 2 is 2.14 bits per heavy atom. The maximum Gasteiger partial charge on any atom is 0.181 e. The lowest BCUT2D eigenvalue weighted by molar-refractivity contribution is -0.114. The highest BCUT2D eigenvalue weighted by atomic mass is 16.1. The molecule has 2 N–H and O–H groups in total. The summed E-state index contributed by atoms with van der Waals surface area (Å²) < 4.78 is 0. The molecule has 3 nitrogen and oxygen atoms in total. The molecule has 0 aliphatic carbocycles. The van der Waals surface area contributed by atoms with Crippen molar-refractivity contribution < 1.29 is 4.79 Å². The predicted octanol–water partition coefficient (Wildman–Crippen LogP) is 1.19. The van der Waals surface area contributed by atoms with Gasteiger partial charge in [-0.15, -0.1) is 0 Å². The number of carbonyl (C=O) groups excluding carboxylic acids is 1. The van der Waals surface area contributed by atoms with Crippen molar-refractivity contribution in [2.45, 2.75) is 13.0 Å². The van der Waals surface area contributed by atoms with E-state index < -0.39 is 6.04 Å². The van der Waals surface area contributed by atoms with E-state index in [0.717, 1.165) is 11.3 Å². The fourth-order valence-corrected chi connectivity index (χ4v) is 1.46. The van der Waals surface area contributed by atoms with Gasteiger partial charge in [-0.3, -0.25) is 10.1 Å². The average molecular weight is 187 g/mol. The Bertz CT molecular complexity index is 408. The first-order chi connectivity index (χ1) is 6.70. The summed E-state index contributed by atoms with van der Waals surface area (Å²) in [5.74, 6) is -0.0568. The van der Waals surface area contributed by atoms with Gasteiger partial charge in [0.15, 0.2) is 5.78 Å². The van der Waals surface area contributed by atoms with Crippen LogP contribution in [-0.4, -0.2) is 11.8 Å². The molecule has 0 spiro atoms. The van der Waals surface area contributed by atoms with Crippen LogP contribution in [0.5, 0.6) is 0 Å². The Morgan fingerprint density at radius 3 is 2.86 bits per heavy atom. The molecule has 0 saturated carbocycles. The number of carbonyl (C=O) groups is 1. The van der Waals surface area contributed by atoms with E-state index in [9.17, 15) is 4.79 Å². The summed E-state index contributed by atoms with van der Waals surface area (Å²) in [7, 11) is 0. The van der Waals surface area contributed by atoms with Gasteiger partial charge >= 0.3 is 0 Å². The number of hydrogen-bond acceptors (Lipinski definition) is 2. The third-order valence-corrected chi connectivity index (χ3v) is 2.21. The first kappa shape index (κ1) is 8.97. The standard InChI is InChI=1S/C11H11N2O/c1-7(12)11(14)9-6-13-10-5-3-2-4-8(9)10/h2-7H,12H2,1H3/t7-/m0/s1. The van der Waals surface area contributed by atoms with E-state index in [-0.39, 0.29) is 5.78 Å². The third kappa shape index (κ3) is 1.32. The molecule has 3 heteroatoms. The molecule has 1 atom stereocenters. The minimum Gasteiger partial charge on any atom is -0.321 e. The SMILES string of the molecule is C[C@H](N)C(=O)C1=C[N]c2ccccc21. The van der Waals surface area contributed by atoms with E-state index in [1.165, 1.54) is 0 Å². The van der Waals surface area contributed by atoms with Gasteiger partial charge in [-0.25, -0.2) is 0 Å². The van der Waals surface area contributed by atoms with Crippen LogP contribution in [0.15, 0.2) is 30.5 Å². The van der Waals surface area contributed by atoms with Gasteiger partial charge in [0.2, 0.25) is 0 Å². The summed E-state index contributed by atoms with van der Waals surface area (Å²) in [6.45, 7) is 1.68. The normalized spacial score (nSPS) is 15.4. The van der Waals surface area contributed by atoms with E-state index >= 15 is 0 Å². The van der Waals surface area contributed by atoms with Crippen LogP contribution in [0.4, 0.5) is 5.69 Å². The van der Waals surface area contributed by atoms with Crippen LogP contribution in [0, 0.1) is 0 Å². The van der Waals surface area contributed by atoms with Gasteiger partial charge in [0.1, 0.15) is 0 Å². The molecule has 1 aliphatic rings. The first-order valence-electron chi connectivity index (χ1n) is 4.50. The molecule has 1 aliphatic heterocycles.